The number of halogens is 1. The highest BCUT2D eigenvalue weighted by Crippen LogP contribution is 2.26. The summed E-state index contributed by atoms with van der Waals surface area (Å²) < 4.78 is 0. The van der Waals surface area contributed by atoms with E-state index in [4.69, 9.17) is 11.6 Å². The van der Waals surface area contributed by atoms with E-state index in [1.807, 2.05) is 6.92 Å². The zero-order chi connectivity index (χ0) is 13.5. The number of hydrogen-bond donors (Lipinski definition) is 3. The second kappa shape index (κ2) is 4.43. The lowest BCUT2D eigenvalue weighted by molar-refractivity contribution is -0.123. The van der Waals surface area contributed by atoms with Crippen molar-refractivity contribution in [3.8, 4) is 0 Å². The van der Waals surface area contributed by atoms with Crippen molar-refractivity contribution >= 4 is 34.6 Å². The molecule has 0 aromatic carbocycles. The van der Waals surface area contributed by atoms with E-state index in [-0.39, 0.29) is 17.0 Å². The second-order valence-electron chi connectivity index (χ2n) is 4.88. The maximum Gasteiger partial charge on any atom is 0.234 e. The molecule has 3 N–H and O–H groups in total. The van der Waals surface area contributed by atoms with E-state index in [2.05, 4.69) is 30.6 Å². The van der Waals surface area contributed by atoms with Crippen molar-refractivity contribution in [2.24, 2.45) is 5.41 Å². The van der Waals surface area contributed by atoms with Crippen molar-refractivity contribution in [3.05, 3.63) is 11.5 Å². The Bertz CT molecular complexity index is 633. The van der Waals surface area contributed by atoms with Gasteiger partial charge in [-0.15, -0.1) is 0 Å². The Morgan fingerprint density at radius 3 is 3.11 bits per heavy atom. The van der Waals surface area contributed by atoms with Crippen LogP contribution in [0.25, 0.3) is 11.2 Å². The molecule has 0 spiro atoms. The van der Waals surface area contributed by atoms with E-state index in [0.717, 1.165) is 13.0 Å². The number of hydrogen-bond acceptors (Lipinski definition) is 5. The van der Waals surface area contributed by atoms with Crippen LogP contribution in [-0.2, 0) is 4.79 Å². The number of nitrogens with zero attached hydrogens (tertiary/aromatic N) is 3. The summed E-state index contributed by atoms with van der Waals surface area (Å²) in [5.41, 5.74) is 0.564. The number of anilines is 1. The minimum Gasteiger partial charge on any atom is -0.341 e. The molecule has 1 aliphatic heterocycles. The standard InChI is InChI=1S/C11H13ClN6O/c1-11(2-3-13-4-11)9(19)18-10-16-7(12)6-8(17-10)15-5-14-6/h5,13H,2-4H2,1H3,(H2,14,15,16,17,18,19). The van der Waals surface area contributed by atoms with Gasteiger partial charge in [-0.1, -0.05) is 11.6 Å². The zero-order valence-electron chi connectivity index (χ0n) is 10.3. The number of carbonyl (C=O) groups is 1. The van der Waals surface area contributed by atoms with Gasteiger partial charge in [-0.05, 0) is 19.9 Å². The van der Waals surface area contributed by atoms with Gasteiger partial charge in [0.25, 0.3) is 0 Å². The topological polar surface area (TPSA) is 95.6 Å². The van der Waals surface area contributed by atoms with Gasteiger partial charge in [0.2, 0.25) is 11.9 Å². The average Bonchev–Trinajstić information content (AvgIpc) is 2.98. The first-order valence-corrected chi connectivity index (χ1v) is 6.35. The molecule has 1 amide bonds. The molecule has 3 heterocycles. The Morgan fingerprint density at radius 2 is 2.37 bits per heavy atom. The van der Waals surface area contributed by atoms with E-state index < -0.39 is 5.41 Å². The maximum absolute atomic E-state index is 12.2. The SMILES string of the molecule is CC1(C(=O)Nc2nc(Cl)c3[nH]cnc3n2)CCNC1. The van der Waals surface area contributed by atoms with Gasteiger partial charge in [-0.3, -0.25) is 10.1 Å². The fourth-order valence-corrected chi connectivity index (χ4v) is 2.34. The summed E-state index contributed by atoms with van der Waals surface area (Å²) in [4.78, 5) is 27.3. The van der Waals surface area contributed by atoms with Crippen molar-refractivity contribution < 1.29 is 4.79 Å². The first kappa shape index (κ1) is 12.3. The van der Waals surface area contributed by atoms with Gasteiger partial charge >= 0.3 is 0 Å². The third-order valence-electron chi connectivity index (χ3n) is 3.38. The number of rotatable bonds is 2. The Labute approximate surface area is 114 Å². The van der Waals surface area contributed by atoms with E-state index in [1.165, 1.54) is 6.33 Å². The Hall–Kier alpha value is -1.73. The van der Waals surface area contributed by atoms with Gasteiger partial charge in [-0.2, -0.15) is 9.97 Å². The summed E-state index contributed by atoms with van der Waals surface area (Å²) in [5, 5.41) is 6.12. The predicted octanol–water partition coefficient (Wildman–Crippen LogP) is 0.944. The Balaban J connectivity index is 1.86. The third-order valence-corrected chi connectivity index (χ3v) is 3.66. The van der Waals surface area contributed by atoms with Crippen LogP contribution in [0.15, 0.2) is 6.33 Å². The predicted molar refractivity (Wildman–Crippen MR) is 70.9 cm³/mol. The molecule has 7 nitrogen and oxygen atoms in total. The molecule has 8 heteroatoms. The number of imidazole rings is 1. The molecule has 0 radical (unpaired) electrons. The highest BCUT2D eigenvalue weighted by molar-refractivity contribution is 6.33. The minimum atomic E-state index is -0.434. The van der Waals surface area contributed by atoms with Crippen LogP contribution in [0.4, 0.5) is 5.95 Å². The fraction of sp³-hybridized carbons (Fsp3) is 0.455. The molecular weight excluding hydrogens is 268 g/mol. The van der Waals surface area contributed by atoms with Crippen molar-refractivity contribution in [2.45, 2.75) is 13.3 Å². The van der Waals surface area contributed by atoms with Gasteiger partial charge in [-0.25, -0.2) is 4.98 Å². The van der Waals surface area contributed by atoms with Crippen LogP contribution in [0.1, 0.15) is 13.3 Å². The quantitative estimate of drug-likeness (QED) is 0.712. The number of aromatic nitrogens is 4. The molecule has 1 atom stereocenters. The van der Waals surface area contributed by atoms with E-state index in [0.29, 0.717) is 17.7 Å². The van der Waals surface area contributed by atoms with Crippen LogP contribution in [0.5, 0.6) is 0 Å². The van der Waals surface area contributed by atoms with Crippen LogP contribution in [0.2, 0.25) is 5.15 Å². The molecule has 1 aliphatic rings. The van der Waals surface area contributed by atoms with Gasteiger partial charge in [0.1, 0.15) is 5.52 Å². The summed E-state index contributed by atoms with van der Waals surface area (Å²) in [6.07, 6.45) is 2.27. The van der Waals surface area contributed by atoms with Crippen LogP contribution < -0.4 is 10.6 Å². The Kier molecular flexibility index (Phi) is 2.87. The maximum atomic E-state index is 12.2. The number of aromatic amines is 1. The first-order chi connectivity index (χ1) is 9.08. The number of H-pyrrole nitrogens is 1. The van der Waals surface area contributed by atoms with E-state index >= 15 is 0 Å². The molecule has 0 bridgehead atoms. The molecule has 3 rings (SSSR count). The van der Waals surface area contributed by atoms with Crippen LogP contribution in [0.3, 0.4) is 0 Å². The largest absolute Gasteiger partial charge is 0.341 e. The number of nitrogens with one attached hydrogen (secondary N) is 3. The monoisotopic (exact) mass is 280 g/mol. The van der Waals surface area contributed by atoms with Crippen molar-refractivity contribution in [1.29, 1.82) is 0 Å². The molecule has 0 aliphatic carbocycles. The number of fused-ring (bicyclic) bond motifs is 1. The zero-order valence-corrected chi connectivity index (χ0v) is 11.1. The molecule has 2 aromatic heterocycles. The molecule has 100 valence electrons. The summed E-state index contributed by atoms with van der Waals surface area (Å²) >= 11 is 6.00. The first-order valence-electron chi connectivity index (χ1n) is 5.97. The number of carbonyl (C=O) groups excluding carboxylic acids is 1. The highest BCUT2D eigenvalue weighted by atomic mass is 35.5. The summed E-state index contributed by atoms with van der Waals surface area (Å²) in [5.74, 6) is 0.0752. The molecule has 1 saturated heterocycles. The normalized spacial score (nSPS) is 22.8. The van der Waals surface area contributed by atoms with Gasteiger partial charge in [0.15, 0.2) is 10.8 Å². The average molecular weight is 281 g/mol. The smallest absolute Gasteiger partial charge is 0.234 e. The van der Waals surface area contributed by atoms with E-state index in [1.54, 1.807) is 0 Å². The molecule has 1 unspecified atom stereocenters. The molecule has 0 saturated carbocycles. The lowest BCUT2D eigenvalue weighted by atomic mass is 9.89. The van der Waals surface area contributed by atoms with Crippen LogP contribution >= 0.6 is 11.6 Å². The minimum absolute atomic E-state index is 0.108. The lowest BCUT2D eigenvalue weighted by Gasteiger charge is -2.20. The highest BCUT2D eigenvalue weighted by Gasteiger charge is 2.36. The second-order valence-corrected chi connectivity index (χ2v) is 5.24. The molecule has 19 heavy (non-hydrogen) atoms. The fourth-order valence-electron chi connectivity index (χ4n) is 2.12. The van der Waals surface area contributed by atoms with Crippen molar-refractivity contribution in [2.75, 3.05) is 18.4 Å². The summed E-state index contributed by atoms with van der Waals surface area (Å²) in [6, 6.07) is 0. The molecular formula is C11H13ClN6O. The molecule has 1 fully saturated rings. The van der Waals surface area contributed by atoms with Crippen molar-refractivity contribution in [1.82, 2.24) is 25.3 Å². The summed E-state index contributed by atoms with van der Waals surface area (Å²) in [7, 11) is 0. The van der Waals surface area contributed by atoms with Crippen LogP contribution in [-0.4, -0.2) is 38.9 Å². The van der Waals surface area contributed by atoms with E-state index in [9.17, 15) is 4.79 Å². The van der Waals surface area contributed by atoms with Crippen molar-refractivity contribution in [3.63, 3.8) is 0 Å². The number of amides is 1. The van der Waals surface area contributed by atoms with Gasteiger partial charge in [0.05, 0.1) is 11.7 Å². The summed E-state index contributed by atoms with van der Waals surface area (Å²) in [6.45, 7) is 3.40. The Morgan fingerprint density at radius 1 is 1.53 bits per heavy atom. The lowest BCUT2D eigenvalue weighted by Crippen LogP contribution is -2.35. The third kappa shape index (κ3) is 2.15. The van der Waals surface area contributed by atoms with Crippen LogP contribution in [0, 0.1) is 5.41 Å². The van der Waals surface area contributed by atoms with Gasteiger partial charge < -0.3 is 10.3 Å². The van der Waals surface area contributed by atoms with Gasteiger partial charge in [0, 0.05) is 6.54 Å². The molecule has 2 aromatic rings.